The zero-order valence-electron chi connectivity index (χ0n) is 20.1. The van der Waals surface area contributed by atoms with Gasteiger partial charge < -0.3 is 33.7 Å². The number of carbonyl (C=O) groups excluding carboxylic acids is 3. The van der Waals surface area contributed by atoms with Crippen LogP contribution in [0.15, 0.2) is 12.3 Å². The Labute approximate surface area is 205 Å². The topological polar surface area (TPSA) is 132 Å². The molecular weight excluding hydrogens is 493 g/mol. The first-order valence-corrected chi connectivity index (χ1v) is 11.1. The van der Waals surface area contributed by atoms with Crippen LogP contribution in [-0.4, -0.2) is 81.0 Å². The number of carbonyl (C=O) groups is 3. The molecule has 0 saturated carbocycles. The predicted octanol–water partition coefficient (Wildman–Crippen LogP) is 2.17. The summed E-state index contributed by atoms with van der Waals surface area (Å²) >= 11 is 0. The molecule has 0 unspecified atom stereocenters. The SMILES string of the molecule is COc1ccnc(C(=O)N[C@H]2COCC[C@@H](OCCCC(F)(F)F)[C@H](C)OC2=O)c1OCOC(C)=O. The fourth-order valence-electron chi connectivity index (χ4n) is 3.16. The van der Waals surface area contributed by atoms with E-state index in [9.17, 15) is 27.6 Å². The molecule has 0 aromatic carbocycles. The van der Waals surface area contributed by atoms with Crippen molar-refractivity contribution in [3.8, 4) is 11.5 Å². The van der Waals surface area contributed by atoms with Crippen LogP contribution in [0.1, 0.15) is 43.6 Å². The second-order valence-electron chi connectivity index (χ2n) is 7.75. The van der Waals surface area contributed by atoms with Gasteiger partial charge in [0.15, 0.2) is 23.2 Å². The summed E-state index contributed by atoms with van der Waals surface area (Å²) in [7, 11) is 1.34. The molecule has 3 atom stereocenters. The minimum Gasteiger partial charge on any atom is -0.493 e. The number of ether oxygens (including phenoxy) is 6. The summed E-state index contributed by atoms with van der Waals surface area (Å²) < 4.78 is 68.6. The summed E-state index contributed by atoms with van der Waals surface area (Å²) in [4.78, 5) is 40.6. The van der Waals surface area contributed by atoms with Crippen molar-refractivity contribution in [1.29, 1.82) is 0 Å². The maximum Gasteiger partial charge on any atom is 0.389 e. The summed E-state index contributed by atoms with van der Waals surface area (Å²) in [5.41, 5.74) is -0.243. The lowest BCUT2D eigenvalue weighted by Gasteiger charge is -2.24. The zero-order chi connectivity index (χ0) is 26.7. The van der Waals surface area contributed by atoms with Crippen molar-refractivity contribution in [3.05, 3.63) is 18.0 Å². The lowest BCUT2D eigenvalue weighted by Crippen LogP contribution is -2.46. The fraction of sp³-hybridized carbons (Fsp3) is 0.636. The number of halogens is 3. The van der Waals surface area contributed by atoms with Crippen LogP contribution >= 0.6 is 0 Å². The zero-order valence-corrected chi connectivity index (χ0v) is 20.1. The van der Waals surface area contributed by atoms with E-state index in [0.717, 1.165) is 0 Å². The number of nitrogens with zero attached hydrogens (tertiary/aromatic N) is 1. The van der Waals surface area contributed by atoms with Gasteiger partial charge in [-0.2, -0.15) is 13.2 Å². The largest absolute Gasteiger partial charge is 0.493 e. The third-order valence-corrected chi connectivity index (χ3v) is 4.95. The third kappa shape index (κ3) is 9.49. The monoisotopic (exact) mass is 522 g/mol. The summed E-state index contributed by atoms with van der Waals surface area (Å²) in [5, 5.41) is 2.47. The molecule has 2 heterocycles. The molecular formula is C22H29F3N2O9. The number of esters is 2. The maximum absolute atomic E-state index is 12.9. The van der Waals surface area contributed by atoms with Gasteiger partial charge in [-0.05, 0) is 13.3 Å². The van der Waals surface area contributed by atoms with Gasteiger partial charge in [0.1, 0.15) is 6.10 Å². The Kier molecular flexibility index (Phi) is 11.2. The molecule has 1 saturated heterocycles. The summed E-state index contributed by atoms with van der Waals surface area (Å²) in [6, 6.07) is 0.201. The Morgan fingerprint density at radius 2 is 2.06 bits per heavy atom. The summed E-state index contributed by atoms with van der Waals surface area (Å²) in [6.07, 6.45) is -5.42. The Hall–Kier alpha value is -3.13. The van der Waals surface area contributed by atoms with Gasteiger partial charge in [0.25, 0.3) is 5.91 Å². The van der Waals surface area contributed by atoms with Crippen LogP contribution in [0.2, 0.25) is 0 Å². The predicted molar refractivity (Wildman–Crippen MR) is 115 cm³/mol. The summed E-state index contributed by atoms with van der Waals surface area (Å²) in [6.45, 7) is 1.94. The molecule has 0 bridgehead atoms. The van der Waals surface area contributed by atoms with Gasteiger partial charge in [-0.15, -0.1) is 0 Å². The highest BCUT2D eigenvalue weighted by molar-refractivity contribution is 5.98. The van der Waals surface area contributed by atoms with E-state index in [1.165, 1.54) is 26.3 Å². The van der Waals surface area contributed by atoms with Gasteiger partial charge in [-0.3, -0.25) is 9.59 Å². The molecule has 1 N–H and O–H groups in total. The molecule has 1 fully saturated rings. The number of methoxy groups -OCH3 is 1. The minimum atomic E-state index is -4.28. The highest BCUT2D eigenvalue weighted by Crippen LogP contribution is 2.29. The number of alkyl halides is 3. The van der Waals surface area contributed by atoms with E-state index in [-0.39, 0.29) is 49.9 Å². The maximum atomic E-state index is 12.9. The molecule has 0 spiro atoms. The number of rotatable bonds is 10. The average Bonchev–Trinajstić information content (AvgIpc) is 2.86. The van der Waals surface area contributed by atoms with Gasteiger partial charge in [0.05, 0.1) is 19.8 Å². The molecule has 1 aliphatic rings. The Balaban J connectivity index is 2.04. The van der Waals surface area contributed by atoms with Crippen molar-refractivity contribution in [1.82, 2.24) is 10.3 Å². The lowest BCUT2D eigenvalue weighted by atomic mass is 10.1. The van der Waals surface area contributed by atoms with E-state index in [1.807, 2.05) is 0 Å². The molecule has 36 heavy (non-hydrogen) atoms. The third-order valence-electron chi connectivity index (χ3n) is 4.95. The van der Waals surface area contributed by atoms with Gasteiger partial charge in [0.2, 0.25) is 6.79 Å². The molecule has 11 nitrogen and oxygen atoms in total. The average molecular weight is 522 g/mol. The number of hydrogen-bond donors (Lipinski definition) is 1. The minimum absolute atomic E-state index is 0.114. The lowest BCUT2D eigenvalue weighted by molar-refractivity contribution is -0.159. The van der Waals surface area contributed by atoms with Gasteiger partial charge in [-0.1, -0.05) is 0 Å². The van der Waals surface area contributed by atoms with Crippen LogP contribution in [0.5, 0.6) is 11.5 Å². The van der Waals surface area contributed by atoms with Crippen LogP contribution in [0.4, 0.5) is 13.2 Å². The molecule has 0 aliphatic carbocycles. The van der Waals surface area contributed by atoms with Crippen molar-refractivity contribution in [2.45, 2.75) is 57.5 Å². The van der Waals surface area contributed by atoms with Crippen molar-refractivity contribution in [2.75, 3.05) is 33.7 Å². The van der Waals surface area contributed by atoms with E-state index in [2.05, 4.69) is 10.3 Å². The first kappa shape index (κ1) is 29.1. The molecule has 1 aliphatic heterocycles. The number of hydrogen-bond acceptors (Lipinski definition) is 10. The normalized spacial score (nSPS) is 20.8. The molecule has 2 rings (SSSR count). The van der Waals surface area contributed by atoms with Crippen molar-refractivity contribution >= 4 is 17.8 Å². The van der Waals surface area contributed by atoms with E-state index >= 15 is 0 Å². The van der Waals surface area contributed by atoms with Crippen molar-refractivity contribution in [2.24, 2.45) is 0 Å². The standard InChI is InChI=1S/C22H29F3N2O9/c1-13-16(33-9-4-7-22(23,24)25)6-10-32-11-15(21(30)36-13)27-20(29)18-19(35-12-34-14(2)28)17(31-3)5-8-26-18/h5,8,13,15-16H,4,6-7,9-12H2,1-3H3,(H,27,29)/t13-,15-,16+/m0/s1. The smallest absolute Gasteiger partial charge is 0.389 e. The fourth-order valence-corrected chi connectivity index (χ4v) is 3.16. The Bertz CT molecular complexity index is 898. The highest BCUT2D eigenvalue weighted by Gasteiger charge is 2.32. The molecule has 14 heteroatoms. The second kappa shape index (κ2) is 13.8. The molecule has 1 aromatic rings. The molecule has 1 amide bonds. The van der Waals surface area contributed by atoms with E-state index in [1.54, 1.807) is 6.92 Å². The van der Waals surface area contributed by atoms with E-state index in [0.29, 0.717) is 0 Å². The first-order chi connectivity index (χ1) is 17.0. The number of nitrogens with one attached hydrogen (secondary N) is 1. The molecule has 0 radical (unpaired) electrons. The van der Waals surface area contributed by atoms with Gasteiger partial charge in [0, 0.05) is 45.2 Å². The van der Waals surface area contributed by atoms with Crippen LogP contribution in [-0.2, 0) is 28.5 Å². The summed E-state index contributed by atoms with van der Waals surface area (Å²) in [5.74, 6) is -2.23. The van der Waals surface area contributed by atoms with Crippen molar-refractivity contribution < 1.29 is 56.0 Å². The van der Waals surface area contributed by atoms with Crippen LogP contribution in [0.3, 0.4) is 0 Å². The molecule has 1 aromatic heterocycles. The second-order valence-corrected chi connectivity index (χ2v) is 7.75. The van der Waals surface area contributed by atoms with E-state index < -0.39 is 55.5 Å². The number of pyridine rings is 1. The number of cyclic esters (lactones) is 1. The van der Waals surface area contributed by atoms with Gasteiger partial charge >= 0.3 is 18.1 Å². The van der Waals surface area contributed by atoms with Crippen LogP contribution < -0.4 is 14.8 Å². The molecule has 202 valence electrons. The number of amides is 1. The van der Waals surface area contributed by atoms with E-state index in [4.69, 9.17) is 28.4 Å². The van der Waals surface area contributed by atoms with Crippen LogP contribution in [0.25, 0.3) is 0 Å². The highest BCUT2D eigenvalue weighted by atomic mass is 19.4. The van der Waals surface area contributed by atoms with Crippen molar-refractivity contribution in [3.63, 3.8) is 0 Å². The Morgan fingerprint density at radius 3 is 2.72 bits per heavy atom. The number of aromatic nitrogens is 1. The Morgan fingerprint density at radius 1 is 1.31 bits per heavy atom. The van der Waals surface area contributed by atoms with Gasteiger partial charge in [-0.25, -0.2) is 9.78 Å². The van der Waals surface area contributed by atoms with Crippen LogP contribution in [0, 0.1) is 0 Å². The first-order valence-electron chi connectivity index (χ1n) is 11.1. The quantitative estimate of drug-likeness (QED) is 0.277.